The number of nitrogens with two attached hydrogens (primary N) is 1. The van der Waals surface area contributed by atoms with Gasteiger partial charge in [0, 0.05) is 12.7 Å². The number of allylic oxidation sites excluding steroid dienone is 2. The Morgan fingerprint density at radius 3 is 2.71 bits per heavy atom. The van der Waals surface area contributed by atoms with Gasteiger partial charge >= 0.3 is 11.8 Å². The van der Waals surface area contributed by atoms with Crippen LogP contribution in [0.5, 0.6) is 0 Å². The molecule has 1 heterocycles. The Balaban J connectivity index is 2.59. The molecule has 2 amide bonds. The van der Waals surface area contributed by atoms with Gasteiger partial charge in [0.25, 0.3) is 5.96 Å². The normalized spacial score (nSPS) is 14.6. The molecule has 0 radical (unpaired) electrons. The van der Waals surface area contributed by atoms with Crippen LogP contribution < -0.4 is 11.1 Å². The van der Waals surface area contributed by atoms with E-state index < -0.39 is 22.8 Å². The van der Waals surface area contributed by atoms with Gasteiger partial charge in [0.1, 0.15) is 5.10 Å². The molecule has 17 heavy (non-hydrogen) atoms. The molecule has 9 nitrogen and oxygen atoms in total. The third kappa shape index (κ3) is 3.74. The Kier molecular flexibility index (Phi) is 3.92. The molecule has 0 saturated carbocycles. The van der Waals surface area contributed by atoms with Crippen LogP contribution in [-0.2, 0) is 9.59 Å². The summed E-state index contributed by atoms with van der Waals surface area (Å²) >= 11 is 0. The van der Waals surface area contributed by atoms with E-state index in [2.05, 4.69) is 5.10 Å². The van der Waals surface area contributed by atoms with Crippen LogP contribution in [0.2, 0.25) is 0 Å². The first-order valence-corrected chi connectivity index (χ1v) is 4.44. The van der Waals surface area contributed by atoms with E-state index in [0.29, 0.717) is 0 Å². The Hall–Kier alpha value is -2.71. The van der Waals surface area contributed by atoms with Gasteiger partial charge in [-0.25, -0.2) is 10.1 Å². The highest BCUT2D eigenvalue weighted by Crippen LogP contribution is 1.98. The maximum atomic E-state index is 11.5. The predicted molar refractivity (Wildman–Crippen MR) is 56.8 cm³/mol. The molecule has 0 fully saturated rings. The summed E-state index contributed by atoms with van der Waals surface area (Å²) in [5.41, 5.74) is 5.02. The highest BCUT2D eigenvalue weighted by Gasteiger charge is 2.21. The van der Waals surface area contributed by atoms with Gasteiger partial charge < -0.3 is 10.6 Å². The SMILES string of the molecule is NC(=N[N+](=O)[O-])NC(=O)C(=O)N1C=CC=CC1. The fourth-order valence-electron chi connectivity index (χ4n) is 1.03. The molecule has 3 N–H and O–H groups in total. The van der Waals surface area contributed by atoms with Crippen molar-refractivity contribution in [2.45, 2.75) is 0 Å². The zero-order valence-electron chi connectivity index (χ0n) is 8.57. The van der Waals surface area contributed by atoms with Crippen LogP contribution in [-0.4, -0.2) is 34.3 Å². The number of carbonyl (C=O) groups excluding carboxylic acids is 2. The second-order valence-electron chi connectivity index (χ2n) is 2.90. The number of hydrogen-bond acceptors (Lipinski definition) is 4. The number of carbonyl (C=O) groups is 2. The molecule has 0 aromatic carbocycles. The van der Waals surface area contributed by atoms with Crippen molar-refractivity contribution in [2.24, 2.45) is 10.8 Å². The first-order valence-electron chi connectivity index (χ1n) is 4.44. The summed E-state index contributed by atoms with van der Waals surface area (Å²) in [5, 5.41) is 13.3. The van der Waals surface area contributed by atoms with E-state index in [0.717, 1.165) is 4.90 Å². The minimum absolute atomic E-state index is 0.245. The maximum Gasteiger partial charge on any atom is 0.316 e. The summed E-state index contributed by atoms with van der Waals surface area (Å²) in [6, 6.07) is 0. The van der Waals surface area contributed by atoms with Gasteiger partial charge in [0.15, 0.2) is 5.03 Å². The van der Waals surface area contributed by atoms with Crippen LogP contribution in [0.25, 0.3) is 0 Å². The van der Waals surface area contributed by atoms with Gasteiger partial charge in [0.05, 0.1) is 0 Å². The lowest BCUT2D eigenvalue weighted by Crippen LogP contribution is -2.46. The van der Waals surface area contributed by atoms with E-state index >= 15 is 0 Å². The summed E-state index contributed by atoms with van der Waals surface area (Å²) in [6.07, 6.45) is 6.36. The molecule has 1 rings (SSSR count). The fraction of sp³-hybridized carbons (Fsp3) is 0.125. The molecule has 0 aromatic rings. The van der Waals surface area contributed by atoms with Crippen LogP contribution in [0.1, 0.15) is 0 Å². The van der Waals surface area contributed by atoms with Crippen molar-refractivity contribution in [3.8, 4) is 0 Å². The van der Waals surface area contributed by atoms with Crippen molar-refractivity contribution >= 4 is 17.8 Å². The van der Waals surface area contributed by atoms with Crippen molar-refractivity contribution < 1.29 is 14.6 Å². The van der Waals surface area contributed by atoms with Crippen LogP contribution in [0.4, 0.5) is 0 Å². The number of nitro groups is 1. The van der Waals surface area contributed by atoms with Gasteiger partial charge in [-0.05, 0) is 6.08 Å². The largest absolute Gasteiger partial charge is 0.364 e. The quantitative estimate of drug-likeness (QED) is 0.189. The lowest BCUT2D eigenvalue weighted by Gasteiger charge is -2.16. The minimum Gasteiger partial charge on any atom is -0.364 e. The van der Waals surface area contributed by atoms with Gasteiger partial charge in [-0.2, -0.15) is 0 Å². The Morgan fingerprint density at radius 1 is 1.47 bits per heavy atom. The number of hydrogen-bond donors (Lipinski definition) is 2. The van der Waals surface area contributed by atoms with Crippen molar-refractivity contribution in [3.63, 3.8) is 0 Å². The third-order valence-electron chi connectivity index (χ3n) is 1.70. The first kappa shape index (κ1) is 12.4. The molecular weight excluding hydrogens is 230 g/mol. The zero-order valence-corrected chi connectivity index (χ0v) is 8.57. The Labute approximate surface area is 95.4 Å². The van der Waals surface area contributed by atoms with Gasteiger partial charge in [-0.3, -0.25) is 14.9 Å². The number of hydrazone groups is 1. The number of nitrogens with zero attached hydrogens (tertiary/aromatic N) is 3. The fourth-order valence-corrected chi connectivity index (χ4v) is 1.03. The molecule has 0 spiro atoms. The smallest absolute Gasteiger partial charge is 0.316 e. The van der Waals surface area contributed by atoms with Crippen LogP contribution >= 0.6 is 0 Å². The highest BCUT2D eigenvalue weighted by atomic mass is 16.7. The standard InChI is InChI=1S/C8H9N5O4/c9-8(11-13(16)17)10-6(14)7(15)12-4-2-1-3-5-12/h1-4H,5H2,(H3,9,10,11,14). The molecule has 1 aliphatic heterocycles. The summed E-state index contributed by atoms with van der Waals surface area (Å²) in [7, 11) is 0. The Morgan fingerprint density at radius 2 is 2.18 bits per heavy atom. The van der Waals surface area contributed by atoms with E-state index in [1.807, 2.05) is 0 Å². The number of rotatable bonds is 1. The number of nitrogens with one attached hydrogen (secondary N) is 1. The molecule has 90 valence electrons. The molecule has 0 aliphatic carbocycles. The van der Waals surface area contributed by atoms with Gasteiger partial charge in [-0.15, -0.1) is 0 Å². The summed E-state index contributed by atoms with van der Waals surface area (Å²) in [6.45, 7) is 0.245. The van der Waals surface area contributed by atoms with Crippen molar-refractivity contribution in [2.75, 3.05) is 6.54 Å². The number of guanidine groups is 1. The molecule has 0 bridgehead atoms. The highest BCUT2D eigenvalue weighted by molar-refractivity contribution is 6.38. The van der Waals surface area contributed by atoms with Crippen molar-refractivity contribution in [1.29, 1.82) is 0 Å². The van der Waals surface area contributed by atoms with Gasteiger partial charge in [0.2, 0.25) is 0 Å². The second kappa shape index (κ2) is 5.39. The predicted octanol–water partition coefficient (Wildman–Crippen LogP) is -1.48. The summed E-state index contributed by atoms with van der Waals surface area (Å²) < 4.78 is 0. The lowest BCUT2D eigenvalue weighted by molar-refractivity contribution is -0.485. The molecule has 9 heteroatoms. The van der Waals surface area contributed by atoms with Crippen molar-refractivity contribution in [1.82, 2.24) is 10.2 Å². The van der Waals surface area contributed by atoms with E-state index in [-0.39, 0.29) is 6.54 Å². The molecule has 0 saturated heterocycles. The topological polar surface area (TPSA) is 131 Å². The van der Waals surface area contributed by atoms with Crippen LogP contribution in [0.15, 0.2) is 29.5 Å². The molecule has 0 aromatic heterocycles. The second-order valence-corrected chi connectivity index (χ2v) is 2.90. The van der Waals surface area contributed by atoms with E-state index in [9.17, 15) is 19.7 Å². The van der Waals surface area contributed by atoms with Gasteiger partial charge in [-0.1, -0.05) is 12.2 Å². The molecular formula is C8H9N5O4. The lowest BCUT2D eigenvalue weighted by atomic mass is 10.3. The maximum absolute atomic E-state index is 11.5. The molecule has 0 unspecified atom stereocenters. The number of amides is 2. The monoisotopic (exact) mass is 239 g/mol. The van der Waals surface area contributed by atoms with Crippen molar-refractivity contribution in [3.05, 3.63) is 34.5 Å². The molecule has 1 aliphatic rings. The van der Waals surface area contributed by atoms with E-state index in [1.165, 1.54) is 6.20 Å². The summed E-state index contributed by atoms with van der Waals surface area (Å²) in [5.74, 6) is -2.72. The average molecular weight is 239 g/mol. The first-order chi connectivity index (χ1) is 8.00. The third-order valence-corrected chi connectivity index (χ3v) is 1.70. The van der Waals surface area contributed by atoms with E-state index in [1.54, 1.807) is 23.5 Å². The van der Waals surface area contributed by atoms with E-state index in [4.69, 9.17) is 5.73 Å². The molecule has 0 atom stereocenters. The summed E-state index contributed by atoms with van der Waals surface area (Å²) in [4.78, 5) is 33.8. The average Bonchev–Trinajstić information content (AvgIpc) is 2.28. The van der Waals surface area contributed by atoms with Crippen LogP contribution in [0.3, 0.4) is 0 Å². The Bertz CT molecular complexity index is 439. The minimum atomic E-state index is -1.09. The van der Waals surface area contributed by atoms with Crippen LogP contribution in [0, 0.1) is 10.1 Å². The zero-order chi connectivity index (χ0) is 12.8.